The van der Waals surface area contributed by atoms with Crippen molar-refractivity contribution >= 4 is 17.6 Å². The van der Waals surface area contributed by atoms with Crippen LogP contribution in [0.4, 0.5) is 5.69 Å². The zero-order chi connectivity index (χ0) is 15.0. The summed E-state index contributed by atoms with van der Waals surface area (Å²) in [7, 11) is 1.54. The average Bonchev–Trinajstić information content (AvgIpc) is 2.86. The van der Waals surface area contributed by atoms with Gasteiger partial charge in [-0.1, -0.05) is 25.3 Å². The molecule has 5 heteroatoms. The molecule has 1 amide bonds. The predicted octanol–water partition coefficient (Wildman–Crippen LogP) is 2.48. The van der Waals surface area contributed by atoms with Gasteiger partial charge in [0.2, 0.25) is 5.91 Å². The Morgan fingerprint density at radius 2 is 2.00 bits per heavy atom. The molecule has 1 aliphatic carbocycles. The molecule has 1 aromatic rings. The van der Waals surface area contributed by atoms with Gasteiger partial charge in [0.05, 0.1) is 24.6 Å². The first-order chi connectivity index (χ1) is 10.1. The molecule has 0 unspecified atom stereocenters. The molecule has 0 atom stereocenters. The number of anilines is 1. The third-order valence-corrected chi connectivity index (χ3v) is 4.69. The molecule has 2 aliphatic rings. The van der Waals surface area contributed by atoms with Crippen LogP contribution < -0.4 is 10.1 Å². The van der Waals surface area contributed by atoms with E-state index in [9.17, 15) is 14.7 Å². The van der Waals surface area contributed by atoms with E-state index >= 15 is 0 Å². The lowest BCUT2D eigenvalue weighted by molar-refractivity contribution is -0.145. The number of carbonyl (C=O) groups is 2. The van der Waals surface area contributed by atoms with Crippen LogP contribution in [0, 0.1) is 0 Å². The van der Waals surface area contributed by atoms with Crippen LogP contribution in [0.2, 0.25) is 0 Å². The van der Waals surface area contributed by atoms with Gasteiger partial charge in [-0.3, -0.25) is 9.59 Å². The van der Waals surface area contributed by atoms with Crippen LogP contribution in [-0.4, -0.2) is 24.1 Å². The maximum atomic E-state index is 11.9. The predicted molar refractivity (Wildman–Crippen MR) is 77.7 cm³/mol. The van der Waals surface area contributed by atoms with E-state index in [1.54, 1.807) is 6.07 Å². The molecule has 0 saturated heterocycles. The van der Waals surface area contributed by atoms with Gasteiger partial charge in [-0.05, 0) is 30.0 Å². The van der Waals surface area contributed by atoms with Crippen molar-refractivity contribution in [3.8, 4) is 5.75 Å². The number of hydrogen-bond acceptors (Lipinski definition) is 3. The lowest BCUT2D eigenvalue weighted by Gasteiger charge is -2.34. The molecule has 1 fully saturated rings. The molecular formula is C16H19NO4. The monoisotopic (exact) mass is 289 g/mol. The van der Waals surface area contributed by atoms with Gasteiger partial charge in [-0.2, -0.15) is 0 Å². The number of methoxy groups -OCH3 is 1. The van der Waals surface area contributed by atoms with Gasteiger partial charge in [-0.25, -0.2) is 0 Å². The summed E-state index contributed by atoms with van der Waals surface area (Å²) in [6, 6.07) is 3.65. The Bertz CT molecular complexity index is 603. The van der Waals surface area contributed by atoms with Crippen molar-refractivity contribution in [2.45, 2.75) is 43.9 Å². The summed E-state index contributed by atoms with van der Waals surface area (Å²) in [5.74, 6) is -0.297. The zero-order valence-electron chi connectivity index (χ0n) is 12.1. The molecule has 5 nitrogen and oxygen atoms in total. The minimum Gasteiger partial charge on any atom is -0.495 e. The normalized spacial score (nSPS) is 19.8. The Hall–Kier alpha value is -2.04. The van der Waals surface area contributed by atoms with E-state index in [4.69, 9.17) is 4.74 Å². The minimum atomic E-state index is -0.841. The van der Waals surface area contributed by atoms with Gasteiger partial charge in [0, 0.05) is 0 Å². The number of ether oxygens (including phenoxy) is 1. The summed E-state index contributed by atoms with van der Waals surface area (Å²) in [5, 5.41) is 12.6. The van der Waals surface area contributed by atoms with E-state index in [1.165, 1.54) is 7.11 Å². The van der Waals surface area contributed by atoms with Crippen molar-refractivity contribution in [2.24, 2.45) is 0 Å². The number of carboxylic acid groups (broad SMARTS) is 1. The molecule has 0 spiro atoms. The van der Waals surface area contributed by atoms with Crippen LogP contribution >= 0.6 is 0 Å². The van der Waals surface area contributed by atoms with E-state index in [0.717, 1.165) is 30.4 Å². The van der Waals surface area contributed by atoms with Crippen molar-refractivity contribution in [2.75, 3.05) is 12.4 Å². The molecule has 1 heterocycles. The first kappa shape index (κ1) is 13.9. The van der Waals surface area contributed by atoms with Gasteiger partial charge in [-0.15, -0.1) is 0 Å². The van der Waals surface area contributed by atoms with Crippen LogP contribution in [0.5, 0.6) is 5.75 Å². The fourth-order valence-corrected chi connectivity index (χ4v) is 3.53. The smallest absolute Gasteiger partial charge is 0.314 e. The number of nitrogens with one attached hydrogen (secondary N) is 1. The molecule has 1 aromatic carbocycles. The standard InChI is InChI=1S/C16H19NO4/c1-21-12-9-11(7-10-8-13(18)17-14(10)12)16(15(19)20)5-3-2-4-6-16/h7,9H,2-6,8H2,1H3,(H,17,18)(H,19,20). The van der Waals surface area contributed by atoms with Crippen molar-refractivity contribution in [3.63, 3.8) is 0 Å². The highest BCUT2D eigenvalue weighted by atomic mass is 16.5. The van der Waals surface area contributed by atoms with Gasteiger partial charge in [0.15, 0.2) is 0 Å². The van der Waals surface area contributed by atoms with Crippen LogP contribution in [0.15, 0.2) is 12.1 Å². The number of hydrogen-bond donors (Lipinski definition) is 2. The summed E-state index contributed by atoms with van der Waals surface area (Å²) < 4.78 is 5.35. The SMILES string of the molecule is COc1cc(C2(C(=O)O)CCCCC2)cc2c1NC(=O)C2. The fourth-order valence-electron chi connectivity index (χ4n) is 3.53. The van der Waals surface area contributed by atoms with Gasteiger partial charge in [0.25, 0.3) is 0 Å². The maximum absolute atomic E-state index is 11.9. The fraction of sp³-hybridized carbons (Fsp3) is 0.500. The third-order valence-electron chi connectivity index (χ3n) is 4.69. The van der Waals surface area contributed by atoms with Crippen LogP contribution in [0.3, 0.4) is 0 Å². The average molecular weight is 289 g/mol. The second-order valence-electron chi connectivity index (χ2n) is 5.89. The van der Waals surface area contributed by atoms with Crippen molar-refractivity contribution in [1.82, 2.24) is 0 Å². The highest BCUT2D eigenvalue weighted by Gasteiger charge is 2.42. The number of benzene rings is 1. The van der Waals surface area contributed by atoms with E-state index in [1.807, 2.05) is 6.07 Å². The Labute approximate surface area is 123 Å². The molecule has 21 heavy (non-hydrogen) atoms. The quantitative estimate of drug-likeness (QED) is 0.896. The Kier molecular flexibility index (Phi) is 3.35. The number of aliphatic carboxylic acids is 1. The Balaban J connectivity index is 2.11. The Morgan fingerprint density at radius 3 is 2.62 bits per heavy atom. The molecule has 0 bridgehead atoms. The largest absolute Gasteiger partial charge is 0.495 e. The van der Waals surface area contributed by atoms with Crippen LogP contribution in [-0.2, 0) is 21.4 Å². The number of fused-ring (bicyclic) bond motifs is 1. The summed E-state index contributed by atoms with van der Waals surface area (Å²) in [6.45, 7) is 0. The number of amides is 1. The van der Waals surface area contributed by atoms with Gasteiger partial charge in [0.1, 0.15) is 5.75 Å². The number of carboxylic acids is 1. The summed E-state index contributed by atoms with van der Waals surface area (Å²) in [5.41, 5.74) is 1.44. The molecule has 3 rings (SSSR count). The number of rotatable bonds is 3. The minimum absolute atomic E-state index is 0.0755. The third kappa shape index (κ3) is 2.17. The van der Waals surface area contributed by atoms with Gasteiger partial charge < -0.3 is 15.2 Å². The van der Waals surface area contributed by atoms with E-state index in [0.29, 0.717) is 24.3 Å². The highest BCUT2D eigenvalue weighted by molar-refractivity contribution is 6.01. The summed E-state index contributed by atoms with van der Waals surface area (Å²) >= 11 is 0. The molecule has 2 N–H and O–H groups in total. The molecule has 0 radical (unpaired) electrons. The highest BCUT2D eigenvalue weighted by Crippen LogP contribution is 2.44. The first-order valence-corrected chi connectivity index (χ1v) is 7.31. The Morgan fingerprint density at radius 1 is 1.29 bits per heavy atom. The molecule has 1 saturated carbocycles. The molecular weight excluding hydrogens is 270 g/mol. The second-order valence-corrected chi connectivity index (χ2v) is 5.89. The second kappa shape index (κ2) is 5.06. The lowest BCUT2D eigenvalue weighted by Crippen LogP contribution is -2.37. The maximum Gasteiger partial charge on any atom is 0.314 e. The molecule has 112 valence electrons. The topological polar surface area (TPSA) is 75.6 Å². The zero-order valence-corrected chi connectivity index (χ0v) is 12.1. The van der Waals surface area contributed by atoms with Crippen LogP contribution in [0.1, 0.15) is 43.2 Å². The van der Waals surface area contributed by atoms with Crippen molar-refractivity contribution < 1.29 is 19.4 Å². The lowest BCUT2D eigenvalue weighted by atomic mass is 9.69. The van der Waals surface area contributed by atoms with E-state index < -0.39 is 11.4 Å². The van der Waals surface area contributed by atoms with E-state index in [-0.39, 0.29) is 12.3 Å². The van der Waals surface area contributed by atoms with Crippen LogP contribution in [0.25, 0.3) is 0 Å². The van der Waals surface area contributed by atoms with Crippen molar-refractivity contribution in [3.05, 3.63) is 23.3 Å². The van der Waals surface area contributed by atoms with E-state index in [2.05, 4.69) is 5.32 Å². The summed E-state index contributed by atoms with van der Waals surface area (Å²) in [6.07, 6.45) is 4.50. The summed E-state index contributed by atoms with van der Waals surface area (Å²) in [4.78, 5) is 23.5. The van der Waals surface area contributed by atoms with Gasteiger partial charge >= 0.3 is 5.97 Å². The molecule has 0 aromatic heterocycles. The molecule has 1 aliphatic heterocycles. The first-order valence-electron chi connectivity index (χ1n) is 7.31. The van der Waals surface area contributed by atoms with Crippen molar-refractivity contribution in [1.29, 1.82) is 0 Å². The number of carbonyl (C=O) groups excluding carboxylic acids is 1.